The van der Waals surface area contributed by atoms with Gasteiger partial charge in [-0.3, -0.25) is 18.5 Å². The van der Waals surface area contributed by atoms with Gasteiger partial charge in [0.25, 0.3) is 5.56 Å². The Morgan fingerprint density at radius 2 is 1.63 bits per heavy atom. The van der Waals surface area contributed by atoms with Crippen LogP contribution in [-0.4, -0.2) is 25.8 Å². The van der Waals surface area contributed by atoms with E-state index in [9.17, 15) is 9.59 Å². The number of aromatic nitrogens is 4. The zero-order valence-electron chi connectivity index (χ0n) is 16.6. The van der Waals surface area contributed by atoms with Crippen molar-refractivity contribution in [3.05, 3.63) is 79.4 Å². The number of methoxy groups -OCH3 is 1. The monoisotopic (exact) mass is 470 g/mol. The molecule has 30 heavy (non-hydrogen) atoms. The molecule has 0 atom stereocenters. The van der Waals surface area contributed by atoms with Gasteiger partial charge in [-0.15, -0.1) is 0 Å². The van der Waals surface area contributed by atoms with Crippen molar-refractivity contribution in [2.45, 2.75) is 6.54 Å². The molecular weight excluding hydrogens is 452 g/mol. The van der Waals surface area contributed by atoms with Crippen molar-refractivity contribution < 1.29 is 9.47 Å². The van der Waals surface area contributed by atoms with Crippen LogP contribution in [0.4, 0.5) is 0 Å². The molecule has 0 aliphatic carbocycles. The number of para-hydroxylation sites is 2. The summed E-state index contributed by atoms with van der Waals surface area (Å²) in [7, 11) is 4.57. The number of ether oxygens (including phenoxy) is 2. The summed E-state index contributed by atoms with van der Waals surface area (Å²) in [6.07, 6.45) is 0. The van der Waals surface area contributed by atoms with Crippen LogP contribution in [0.3, 0.4) is 0 Å². The number of imidazole rings is 1. The summed E-state index contributed by atoms with van der Waals surface area (Å²) in [5.41, 5.74) is 0.591. The van der Waals surface area contributed by atoms with Crippen molar-refractivity contribution in [3.8, 4) is 17.5 Å². The molecule has 2 aromatic carbocycles. The van der Waals surface area contributed by atoms with Gasteiger partial charge in [0.15, 0.2) is 22.7 Å². The molecule has 9 heteroatoms. The smallest absolute Gasteiger partial charge is 0.332 e. The van der Waals surface area contributed by atoms with E-state index in [1.807, 2.05) is 36.4 Å². The van der Waals surface area contributed by atoms with E-state index in [0.29, 0.717) is 18.0 Å². The van der Waals surface area contributed by atoms with Gasteiger partial charge in [0, 0.05) is 18.6 Å². The highest BCUT2D eigenvalue weighted by atomic mass is 79.9. The SMILES string of the molecule is COc1ccccc1Oc1nc2c(c(=O)n(C)c(=O)n2C)n1Cc1ccc(Br)cc1. The van der Waals surface area contributed by atoms with Crippen LogP contribution in [-0.2, 0) is 20.6 Å². The summed E-state index contributed by atoms with van der Waals surface area (Å²) in [5, 5.41) is 0. The van der Waals surface area contributed by atoms with E-state index in [2.05, 4.69) is 20.9 Å². The molecule has 0 amide bonds. The number of nitrogens with zero attached hydrogens (tertiary/aromatic N) is 4. The molecule has 4 aromatic rings. The second-order valence-corrected chi connectivity index (χ2v) is 7.65. The Balaban J connectivity index is 1.95. The third-order valence-corrected chi connectivity index (χ3v) is 5.37. The van der Waals surface area contributed by atoms with Gasteiger partial charge in [0.1, 0.15) is 0 Å². The van der Waals surface area contributed by atoms with E-state index in [0.717, 1.165) is 14.6 Å². The third-order valence-electron chi connectivity index (χ3n) is 4.84. The van der Waals surface area contributed by atoms with E-state index in [4.69, 9.17) is 9.47 Å². The van der Waals surface area contributed by atoms with Gasteiger partial charge in [-0.05, 0) is 29.8 Å². The van der Waals surface area contributed by atoms with Crippen molar-refractivity contribution in [2.24, 2.45) is 14.1 Å². The van der Waals surface area contributed by atoms with Crippen LogP contribution in [0.1, 0.15) is 5.56 Å². The van der Waals surface area contributed by atoms with Gasteiger partial charge in [-0.2, -0.15) is 4.98 Å². The zero-order chi connectivity index (χ0) is 21.4. The van der Waals surface area contributed by atoms with Gasteiger partial charge >= 0.3 is 11.7 Å². The Labute approximate surface area is 180 Å². The first-order valence-corrected chi connectivity index (χ1v) is 9.91. The van der Waals surface area contributed by atoms with E-state index in [1.54, 1.807) is 30.9 Å². The molecule has 0 fully saturated rings. The summed E-state index contributed by atoms with van der Waals surface area (Å²) >= 11 is 3.43. The van der Waals surface area contributed by atoms with Crippen LogP contribution in [0, 0.1) is 0 Å². The molecule has 0 bridgehead atoms. The van der Waals surface area contributed by atoms with Crippen molar-refractivity contribution in [1.82, 2.24) is 18.7 Å². The molecule has 2 heterocycles. The summed E-state index contributed by atoms with van der Waals surface area (Å²) in [5.74, 6) is 0.982. The third kappa shape index (κ3) is 3.41. The lowest BCUT2D eigenvalue weighted by atomic mass is 10.2. The van der Waals surface area contributed by atoms with Gasteiger partial charge in [0.2, 0.25) is 0 Å². The molecule has 0 saturated heterocycles. The standard InChI is InChI=1S/C21H19BrN4O4/c1-24-18-17(19(27)25(2)21(24)28)26(12-13-8-10-14(22)11-9-13)20(23-18)30-16-7-5-4-6-15(16)29-3/h4-11H,12H2,1-3H3. The summed E-state index contributed by atoms with van der Waals surface area (Å²) < 4.78 is 16.4. The van der Waals surface area contributed by atoms with Crippen LogP contribution in [0.25, 0.3) is 11.2 Å². The van der Waals surface area contributed by atoms with Crippen LogP contribution in [0.2, 0.25) is 0 Å². The van der Waals surface area contributed by atoms with Crippen molar-refractivity contribution >= 4 is 27.1 Å². The first-order chi connectivity index (χ1) is 14.4. The summed E-state index contributed by atoms with van der Waals surface area (Å²) in [4.78, 5) is 29.8. The summed E-state index contributed by atoms with van der Waals surface area (Å²) in [6, 6.07) is 15.1. The molecule has 2 aromatic heterocycles. The number of benzene rings is 2. The maximum absolute atomic E-state index is 13.0. The van der Waals surface area contributed by atoms with Crippen LogP contribution >= 0.6 is 15.9 Å². The topological polar surface area (TPSA) is 80.3 Å². The van der Waals surface area contributed by atoms with Crippen molar-refractivity contribution in [1.29, 1.82) is 0 Å². The first-order valence-electron chi connectivity index (χ1n) is 9.12. The Bertz CT molecular complexity index is 1350. The highest BCUT2D eigenvalue weighted by molar-refractivity contribution is 9.10. The van der Waals surface area contributed by atoms with Crippen LogP contribution < -0.4 is 20.7 Å². The van der Waals surface area contributed by atoms with Gasteiger partial charge in [0.05, 0.1) is 13.7 Å². The quantitative estimate of drug-likeness (QED) is 0.447. The van der Waals surface area contributed by atoms with E-state index < -0.39 is 11.2 Å². The average Bonchev–Trinajstić information content (AvgIpc) is 3.10. The number of rotatable bonds is 5. The fraction of sp³-hybridized carbons (Fsp3) is 0.190. The average molecular weight is 471 g/mol. The Hall–Kier alpha value is -3.33. The molecule has 0 spiro atoms. The fourth-order valence-corrected chi connectivity index (χ4v) is 3.49. The minimum Gasteiger partial charge on any atom is -0.493 e. The number of hydrogen-bond donors (Lipinski definition) is 0. The lowest BCUT2D eigenvalue weighted by Gasteiger charge is -2.12. The second kappa shape index (κ2) is 7.83. The normalized spacial score (nSPS) is 11.1. The molecule has 0 N–H and O–H groups in total. The highest BCUT2D eigenvalue weighted by Gasteiger charge is 2.21. The molecule has 0 saturated carbocycles. The van der Waals surface area contributed by atoms with Gasteiger partial charge < -0.3 is 9.47 Å². The molecule has 0 radical (unpaired) electrons. The predicted molar refractivity (Wildman–Crippen MR) is 117 cm³/mol. The predicted octanol–water partition coefficient (Wildman–Crippen LogP) is 3.05. The zero-order valence-corrected chi connectivity index (χ0v) is 18.2. The fourth-order valence-electron chi connectivity index (χ4n) is 3.22. The Morgan fingerprint density at radius 3 is 2.30 bits per heavy atom. The first kappa shape index (κ1) is 20.0. The van der Waals surface area contributed by atoms with Gasteiger partial charge in [-0.25, -0.2) is 4.79 Å². The van der Waals surface area contributed by atoms with E-state index in [1.165, 1.54) is 11.6 Å². The Morgan fingerprint density at radius 1 is 0.967 bits per heavy atom. The van der Waals surface area contributed by atoms with Crippen LogP contribution in [0.15, 0.2) is 62.6 Å². The molecule has 154 valence electrons. The number of hydrogen-bond acceptors (Lipinski definition) is 5. The van der Waals surface area contributed by atoms with Crippen molar-refractivity contribution in [3.63, 3.8) is 0 Å². The number of aryl methyl sites for hydroxylation is 1. The summed E-state index contributed by atoms with van der Waals surface area (Å²) in [6.45, 7) is 0.335. The van der Waals surface area contributed by atoms with E-state index in [-0.39, 0.29) is 17.2 Å². The number of halogens is 1. The van der Waals surface area contributed by atoms with E-state index >= 15 is 0 Å². The maximum Gasteiger partial charge on any atom is 0.332 e. The highest BCUT2D eigenvalue weighted by Crippen LogP contribution is 2.32. The second-order valence-electron chi connectivity index (χ2n) is 6.74. The largest absolute Gasteiger partial charge is 0.493 e. The lowest BCUT2D eigenvalue weighted by Crippen LogP contribution is -2.37. The van der Waals surface area contributed by atoms with Crippen molar-refractivity contribution in [2.75, 3.05) is 7.11 Å². The lowest BCUT2D eigenvalue weighted by molar-refractivity contribution is 0.361. The molecule has 4 rings (SSSR count). The minimum absolute atomic E-state index is 0.190. The molecule has 0 aliphatic rings. The van der Waals surface area contributed by atoms with Gasteiger partial charge in [-0.1, -0.05) is 40.2 Å². The molecule has 0 unspecified atom stereocenters. The maximum atomic E-state index is 13.0. The molecule has 0 aliphatic heterocycles. The Kier molecular flexibility index (Phi) is 5.21. The minimum atomic E-state index is -0.454. The number of fused-ring (bicyclic) bond motifs is 1. The molecule has 8 nitrogen and oxygen atoms in total. The van der Waals surface area contributed by atoms with Crippen LogP contribution in [0.5, 0.6) is 17.5 Å². The molecular formula is C21H19BrN4O4.